The molecule has 1 aliphatic heterocycles. The molecule has 7 nitrogen and oxygen atoms in total. The maximum absolute atomic E-state index is 11.8. The largest absolute Gasteiger partial charge is 0.376 e. The maximum atomic E-state index is 11.8. The van der Waals surface area contributed by atoms with Gasteiger partial charge in [0.25, 0.3) is 5.56 Å². The van der Waals surface area contributed by atoms with Gasteiger partial charge in [0.1, 0.15) is 5.82 Å². The second-order valence-corrected chi connectivity index (χ2v) is 6.21. The SMILES string of the molecule is CN(Cc1ccccc1-c1nc(CN)cc(=O)[nH]1)CC1COCCO1. The minimum atomic E-state index is -0.193. The van der Waals surface area contributed by atoms with Crippen molar-refractivity contribution in [3.63, 3.8) is 0 Å². The second-order valence-electron chi connectivity index (χ2n) is 6.21. The number of ether oxygens (including phenoxy) is 2. The summed E-state index contributed by atoms with van der Waals surface area (Å²) >= 11 is 0. The maximum Gasteiger partial charge on any atom is 0.251 e. The lowest BCUT2D eigenvalue weighted by Crippen LogP contribution is -2.38. The van der Waals surface area contributed by atoms with Crippen molar-refractivity contribution in [3.8, 4) is 11.4 Å². The molecule has 1 fully saturated rings. The average molecular weight is 344 g/mol. The van der Waals surface area contributed by atoms with Crippen LogP contribution in [0.1, 0.15) is 11.3 Å². The summed E-state index contributed by atoms with van der Waals surface area (Å²) < 4.78 is 11.2. The number of nitrogens with two attached hydrogens (primary N) is 1. The van der Waals surface area contributed by atoms with Gasteiger partial charge in [-0.2, -0.15) is 0 Å². The van der Waals surface area contributed by atoms with E-state index in [1.54, 1.807) is 0 Å². The number of H-pyrrole nitrogens is 1. The molecule has 1 unspecified atom stereocenters. The summed E-state index contributed by atoms with van der Waals surface area (Å²) in [6.07, 6.45) is 0.0874. The molecule has 1 atom stereocenters. The molecule has 3 rings (SSSR count). The van der Waals surface area contributed by atoms with Gasteiger partial charge in [0, 0.05) is 31.3 Å². The fraction of sp³-hybridized carbons (Fsp3) is 0.444. The third kappa shape index (κ3) is 4.73. The number of likely N-dealkylation sites (N-methyl/N-ethyl adjacent to an activating group) is 1. The molecular formula is C18H24N4O3. The Kier molecular flexibility index (Phi) is 5.93. The number of hydrogen-bond donors (Lipinski definition) is 2. The van der Waals surface area contributed by atoms with Gasteiger partial charge in [0.15, 0.2) is 0 Å². The van der Waals surface area contributed by atoms with Gasteiger partial charge >= 0.3 is 0 Å². The Morgan fingerprint density at radius 2 is 2.20 bits per heavy atom. The number of benzene rings is 1. The molecule has 25 heavy (non-hydrogen) atoms. The highest BCUT2D eigenvalue weighted by Crippen LogP contribution is 2.21. The third-order valence-corrected chi connectivity index (χ3v) is 4.12. The van der Waals surface area contributed by atoms with Gasteiger partial charge in [-0.1, -0.05) is 24.3 Å². The van der Waals surface area contributed by atoms with E-state index in [0.717, 1.165) is 17.7 Å². The molecule has 2 aromatic rings. The van der Waals surface area contributed by atoms with Crippen LogP contribution in [0.15, 0.2) is 35.1 Å². The molecule has 134 valence electrons. The van der Waals surface area contributed by atoms with Gasteiger partial charge < -0.3 is 20.2 Å². The summed E-state index contributed by atoms with van der Waals surface area (Å²) in [6, 6.07) is 9.35. The lowest BCUT2D eigenvalue weighted by molar-refractivity contribution is -0.0962. The van der Waals surface area contributed by atoms with E-state index in [1.165, 1.54) is 6.07 Å². The van der Waals surface area contributed by atoms with Gasteiger partial charge in [0.05, 0.1) is 31.6 Å². The fourth-order valence-electron chi connectivity index (χ4n) is 2.97. The van der Waals surface area contributed by atoms with Gasteiger partial charge in [0.2, 0.25) is 0 Å². The van der Waals surface area contributed by atoms with E-state index in [2.05, 4.69) is 14.9 Å². The van der Waals surface area contributed by atoms with Gasteiger partial charge in [-0.05, 0) is 12.6 Å². The predicted molar refractivity (Wildman–Crippen MR) is 95.1 cm³/mol. The average Bonchev–Trinajstić information content (AvgIpc) is 2.62. The number of nitrogens with zero attached hydrogens (tertiary/aromatic N) is 2. The first-order chi connectivity index (χ1) is 12.2. The van der Waals surface area contributed by atoms with Crippen molar-refractivity contribution in [3.05, 3.63) is 51.9 Å². The van der Waals surface area contributed by atoms with E-state index in [4.69, 9.17) is 15.2 Å². The van der Waals surface area contributed by atoms with E-state index in [1.807, 2.05) is 31.3 Å². The number of aromatic amines is 1. The Bertz CT molecular complexity index is 756. The zero-order valence-electron chi connectivity index (χ0n) is 14.4. The number of rotatable bonds is 6. The first-order valence-corrected chi connectivity index (χ1v) is 8.42. The van der Waals surface area contributed by atoms with E-state index in [-0.39, 0.29) is 18.2 Å². The van der Waals surface area contributed by atoms with Crippen LogP contribution >= 0.6 is 0 Å². The van der Waals surface area contributed by atoms with E-state index < -0.39 is 0 Å². The van der Waals surface area contributed by atoms with Crippen LogP contribution in [0.3, 0.4) is 0 Å². The second kappa shape index (κ2) is 8.35. The standard InChI is InChI=1S/C18H24N4O3/c1-22(11-15-12-24-6-7-25-15)10-13-4-2-3-5-16(13)18-20-14(9-19)8-17(23)21-18/h2-5,8,15H,6-7,9-12,19H2,1H3,(H,20,21,23). The first-order valence-electron chi connectivity index (χ1n) is 8.42. The summed E-state index contributed by atoms with van der Waals surface area (Å²) in [5.41, 5.74) is 8.01. The molecule has 7 heteroatoms. The van der Waals surface area contributed by atoms with E-state index >= 15 is 0 Å². The Labute approximate surface area is 146 Å². The fourth-order valence-corrected chi connectivity index (χ4v) is 2.97. The van der Waals surface area contributed by atoms with Crippen LogP contribution in [-0.4, -0.2) is 54.4 Å². The lowest BCUT2D eigenvalue weighted by atomic mass is 10.1. The van der Waals surface area contributed by atoms with E-state index in [9.17, 15) is 4.79 Å². The van der Waals surface area contributed by atoms with Crippen LogP contribution in [0.25, 0.3) is 11.4 Å². The smallest absolute Gasteiger partial charge is 0.251 e. The minimum absolute atomic E-state index is 0.0874. The van der Waals surface area contributed by atoms with Gasteiger partial charge in [-0.25, -0.2) is 4.98 Å². The first kappa shape index (κ1) is 17.8. The molecule has 0 aliphatic carbocycles. The van der Waals surface area contributed by atoms with Gasteiger partial charge in [-0.15, -0.1) is 0 Å². The van der Waals surface area contributed by atoms with Crippen molar-refractivity contribution in [1.82, 2.24) is 14.9 Å². The normalized spacial score (nSPS) is 17.8. The van der Waals surface area contributed by atoms with Gasteiger partial charge in [-0.3, -0.25) is 9.69 Å². The van der Waals surface area contributed by atoms with Crippen LogP contribution in [-0.2, 0) is 22.6 Å². The molecular weight excluding hydrogens is 320 g/mol. The van der Waals surface area contributed by atoms with Crippen LogP contribution in [0, 0.1) is 0 Å². The Morgan fingerprint density at radius 3 is 2.96 bits per heavy atom. The highest BCUT2D eigenvalue weighted by atomic mass is 16.6. The van der Waals surface area contributed by atoms with Crippen LogP contribution < -0.4 is 11.3 Å². The molecule has 3 N–H and O–H groups in total. The zero-order valence-corrected chi connectivity index (χ0v) is 14.4. The van der Waals surface area contributed by atoms with Crippen molar-refractivity contribution in [2.75, 3.05) is 33.4 Å². The molecule has 0 saturated carbocycles. The molecule has 1 aliphatic rings. The number of hydrogen-bond acceptors (Lipinski definition) is 6. The van der Waals surface area contributed by atoms with Crippen molar-refractivity contribution in [1.29, 1.82) is 0 Å². The van der Waals surface area contributed by atoms with E-state index in [0.29, 0.717) is 37.9 Å². The highest BCUT2D eigenvalue weighted by molar-refractivity contribution is 5.60. The zero-order chi connectivity index (χ0) is 17.6. The molecule has 0 radical (unpaired) electrons. The van der Waals surface area contributed by atoms with Crippen molar-refractivity contribution in [2.45, 2.75) is 19.2 Å². The summed E-state index contributed by atoms with van der Waals surface area (Å²) in [5.74, 6) is 0.550. The third-order valence-electron chi connectivity index (χ3n) is 4.12. The van der Waals surface area contributed by atoms with Crippen molar-refractivity contribution >= 4 is 0 Å². The predicted octanol–water partition coefficient (Wildman–Crippen LogP) is 0.743. The van der Waals surface area contributed by atoms with Crippen LogP contribution in [0.4, 0.5) is 0 Å². The molecule has 1 aromatic carbocycles. The lowest BCUT2D eigenvalue weighted by Gasteiger charge is -2.27. The molecule has 0 amide bonds. The monoisotopic (exact) mass is 344 g/mol. The Morgan fingerprint density at radius 1 is 1.36 bits per heavy atom. The summed E-state index contributed by atoms with van der Waals surface area (Å²) in [6.45, 7) is 3.66. The Balaban J connectivity index is 1.78. The van der Waals surface area contributed by atoms with Crippen molar-refractivity contribution < 1.29 is 9.47 Å². The minimum Gasteiger partial charge on any atom is -0.376 e. The Hall–Kier alpha value is -2.06. The topological polar surface area (TPSA) is 93.5 Å². The number of aromatic nitrogens is 2. The summed E-state index contributed by atoms with van der Waals surface area (Å²) in [7, 11) is 2.04. The highest BCUT2D eigenvalue weighted by Gasteiger charge is 2.17. The molecule has 0 spiro atoms. The summed E-state index contributed by atoms with van der Waals surface area (Å²) in [4.78, 5) is 21.3. The van der Waals surface area contributed by atoms with Crippen LogP contribution in [0.2, 0.25) is 0 Å². The molecule has 1 saturated heterocycles. The van der Waals surface area contributed by atoms with Crippen LogP contribution in [0.5, 0.6) is 0 Å². The summed E-state index contributed by atoms with van der Waals surface area (Å²) in [5, 5.41) is 0. The molecule has 1 aromatic heterocycles. The van der Waals surface area contributed by atoms with Crippen molar-refractivity contribution in [2.24, 2.45) is 5.73 Å². The number of nitrogens with one attached hydrogen (secondary N) is 1. The quantitative estimate of drug-likeness (QED) is 0.803. The molecule has 2 heterocycles. The molecule has 0 bridgehead atoms.